The third-order valence-electron chi connectivity index (χ3n) is 2.25. The second-order valence-corrected chi connectivity index (χ2v) is 4.71. The standard InChI is InChI=1S/C13H18O3/c1-9(14)16-12-8-10(15-5)6-7-11(12)13(2,3)4/h6-8H,1-5H3. The molecule has 1 aromatic rings. The molecule has 0 amide bonds. The second kappa shape index (κ2) is 4.56. The van der Waals surface area contributed by atoms with Crippen molar-refractivity contribution in [3.8, 4) is 11.5 Å². The number of carbonyl (C=O) groups excluding carboxylic acids is 1. The Labute approximate surface area is 96.4 Å². The molecule has 0 heterocycles. The summed E-state index contributed by atoms with van der Waals surface area (Å²) in [5.41, 5.74) is 0.917. The molecule has 0 aliphatic rings. The molecular weight excluding hydrogens is 204 g/mol. The number of rotatable bonds is 2. The summed E-state index contributed by atoms with van der Waals surface area (Å²) >= 11 is 0. The van der Waals surface area contributed by atoms with Crippen LogP contribution in [0.2, 0.25) is 0 Å². The van der Waals surface area contributed by atoms with Crippen molar-refractivity contribution in [3.63, 3.8) is 0 Å². The van der Waals surface area contributed by atoms with Gasteiger partial charge in [-0.3, -0.25) is 4.79 Å². The summed E-state index contributed by atoms with van der Waals surface area (Å²) in [4.78, 5) is 11.0. The van der Waals surface area contributed by atoms with Gasteiger partial charge in [-0.25, -0.2) is 0 Å². The fourth-order valence-corrected chi connectivity index (χ4v) is 1.49. The summed E-state index contributed by atoms with van der Waals surface area (Å²) in [7, 11) is 1.59. The van der Waals surface area contributed by atoms with Crippen LogP contribution in [0.25, 0.3) is 0 Å². The second-order valence-electron chi connectivity index (χ2n) is 4.71. The average molecular weight is 222 g/mol. The van der Waals surface area contributed by atoms with Crippen LogP contribution in [0.5, 0.6) is 11.5 Å². The Bertz CT molecular complexity index is 389. The van der Waals surface area contributed by atoms with E-state index in [0.717, 1.165) is 5.56 Å². The van der Waals surface area contributed by atoms with Crippen molar-refractivity contribution in [3.05, 3.63) is 23.8 Å². The molecule has 0 radical (unpaired) electrons. The van der Waals surface area contributed by atoms with Crippen LogP contribution in [0.4, 0.5) is 0 Å². The van der Waals surface area contributed by atoms with Crippen molar-refractivity contribution >= 4 is 5.97 Å². The van der Waals surface area contributed by atoms with Gasteiger partial charge >= 0.3 is 5.97 Å². The molecule has 0 bridgehead atoms. The number of benzene rings is 1. The van der Waals surface area contributed by atoms with Crippen molar-refractivity contribution in [1.29, 1.82) is 0 Å². The maximum atomic E-state index is 11.0. The van der Waals surface area contributed by atoms with E-state index in [9.17, 15) is 4.79 Å². The normalized spacial score (nSPS) is 11.1. The van der Waals surface area contributed by atoms with Crippen LogP contribution < -0.4 is 9.47 Å². The van der Waals surface area contributed by atoms with Gasteiger partial charge in [0, 0.05) is 18.6 Å². The first-order valence-electron chi connectivity index (χ1n) is 5.21. The van der Waals surface area contributed by atoms with E-state index in [1.54, 1.807) is 13.2 Å². The monoisotopic (exact) mass is 222 g/mol. The Balaban J connectivity index is 3.21. The Morgan fingerprint density at radius 1 is 1.25 bits per heavy atom. The molecule has 0 N–H and O–H groups in total. The van der Waals surface area contributed by atoms with Gasteiger partial charge in [-0.15, -0.1) is 0 Å². The van der Waals surface area contributed by atoms with Crippen LogP contribution in [0.3, 0.4) is 0 Å². The molecule has 0 atom stereocenters. The molecule has 0 aliphatic carbocycles. The zero-order valence-electron chi connectivity index (χ0n) is 10.5. The maximum Gasteiger partial charge on any atom is 0.308 e. The predicted molar refractivity (Wildman–Crippen MR) is 63.0 cm³/mol. The fourth-order valence-electron chi connectivity index (χ4n) is 1.49. The first kappa shape index (κ1) is 12.6. The van der Waals surface area contributed by atoms with E-state index < -0.39 is 0 Å². The highest BCUT2D eigenvalue weighted by atomic mass is 16.5. The van der Waals surface area contributed by atoms with Crippen LogP contribution in [-0.4, -0.2) is 13.1 Å². The van der Waals surface area contributed by atoms with Crippen LogP contribution in [0.1, 0.15) is 33.3 Å². The molecule has 88 valence electrons. The number of hydrogen-bond acceptors (Lipinski definition) is 3. The Morgan fingerprint density at radius 3 is 2.31 bits per heavy atom. The Kier molecular flexibility index (Phi) is 3.58. The minimum Gasteiger partial charge on any atom is -0.497 e. The summed E-state index contributed by atoms with van der Waals surface area (Å²) in [6.45, 7) is 7.61. The number of methoxy groups -OCH3 is 1. The van der Waals surface area contributed by atoms with Gasteiger partial charge in [0.1, 0.15) is 11.5 Å². The zero-order valence-corrected chi connectivity index (χ0v) is 10.5. The van der Waals surface area contributed by atoms with Crippen molar-refractivity contribution in [2.45, 2.75) is 33.1 Å². The van der Waals surface area contributed by atoms with E-state index in [1.807, 2.05) is 12.1 Å². The Morgan fingerprint density at radius 2 is 1.88 bits per heavy atom. The van der Waals surface area contributed by atoms with Gasteiger partial charge in [0.25, 0.3) is 0 Å². The molecule has 16 heavy (non-hydrogen) atoms. The first-order chi connectivity index (χ1) is 7.34. The Hall–Kier alpha value is -1.51. The van der Waals surface area contributed by atoms with Crippen molar-refractivity contribution < 1.29 is 14.3 Å². The van der Waals surface area contributed by atoms with Crippen molar-refractivity contribution in [2.24, 2.45) is 0 Å². The number of ether oxygens (including phenoxy) is 2. The minimum atomic E-state index is -0.321. The lowest BCUT2D eigenvalue weighted by molar-refractivity contribution is -0.131. The molecule has 3 heteroatoms. The van der Waals surface area contributed by atoms with E-state index in [2.05, 4.69) is 20.8 Å². The topological polar surface area (TPSA) is 35.5 Å². The van der Waals surface area contributed by atoms with E-state index in [0.29, 0.717) is 11.5 Å². The molecule has 1 aromatic carbocycles. The molecule has 0 aromatic heterocycles. The van der Waals surface area contributed by atoms with E-state index in [-0.39, 0.29) is 11.4 Å². The molecule has 0 saturated heterocycles. The third-order valence-corrected chi connectivity index (χ3v) is 2.25. The minimum absolute atomic E-state index is 0.0724. The largest absolute Gasteiger partial charge is 0.497 e. The summed E-state index contributed by atoms with van der Waals surface area (Å²) in [5.74, 6) is 0.933. The zero-order chi connectivity index (χ0) is 12.3. The van der Waals surface area contributed by atoms with Crippen LogP contribution in [0.15, 0.2) is 18.2 Å². The molecule has 0 unspecified atom stereocenters. The maximum absolute atomic E-state index is 11.0. The number of hydrogen-bond donors (Lipinski definition) is 0. The lowest BCUT2D eigenvalue weighted by Crippen LogP contribution is -2.15. The summed E-state index contributed by atoms with van der Waals surface area (Å²) < 4.78 is 10.3. The third kappa shape index (κ3) is 2.99. The number of carbonyl (C=O) groups is 1. The van der Waals surface area contributed by atoms with Gasteiger partial charge in [0.15, 0.2) is 0 Å². The van der Waals surface area contributed by atoms with Gasteiger partial charge < -0.3 is 9.47 Å². The highest BCUT2D eigenvalue weighted by molar-refractivity contribution is 5.70. The fraction of sp³-hybridized carbons (Fsp3) is 0.462. The van der Waals surface area contributed by atoms with E-state index in [4.69, 9.17) is 9.47 Å². The average Bonchev–Trinajstić information content (AvgIpc) is 2.14. The molecule has 0 aliphatic heterocycles. The summed E-state index contributed by atoms with van der Waals surface area (Å²) in [6, 6.07) is 5.53. The highest BCUT2D eigenvalue weighted by Gasteiger charge is 2.20. The first-order valence-corrected chi connectivity index (χ1v) is 5.21. The molecule has 0 fully saturated rings. The predicted octanol–water partition coefficient (Wildman–Crippen LogP) is 2.92. The molecule has 0 saturated carbocycles. The van der Waals surface area contributed by atoms with Gasteiger partial charge in [0.2, 0.25) is 0 Å². The number of esters is 1. The van der Waals surface area contributed by atoms with Gasteiger partial charge in [-0.05, 0) is 11.5 Å². The molecular formula is C13H18O3. The highest BCUT2D eigenvalue weighted by Crippen LogP contribution is 2.34. The molecule has 0 spiro atoms. The summed E-state index contributed by atoms with van der Waals surface area (Å²) in [6.07, 6.45) is 0. The van der Waals surface area contributed by atoms with Gasteiger partial charge in [-0.2, -0.15) is 0 Å². The van der Waals surface area contributed by atoms with Gasteiger partial charge in [0.05, 0.1) is 7.11 Å². The SMILES string of the molecule is COc1ccc(C(C)(C)C)c(OC(C)=O)c1. The molecule has 1 rings (SSSR count). The smallest absolute Gasteiger partial charge is 0.308 e. The van der Waals surface area contributed by atoms with Gasteiger partial charge in [-0.1, -0.05) is 26.8 Å². The molecule has 3 nitrogen and oxygen atoms in total. The lowest BCUT2D eigenvalue weighted by atomic mass is 9.86. The van der Waals surface area contributed by atoms with Crippen LogP contribution in [-0.2, 0) is 10.2 Å². The van der Waals surface area contributed by atoms with E-state index >= 15 is 0 Å². The van der Waals surface area contributed by atoms with Crippen molar-refractivity contribution in [2.75, 3.05) is 7.11 Å². The van der Waals surface area contributed by atoms with Crippen LogP contribution >= 0.6 is 0 Å². The quantitative estimate of drug-likeness (QED) is 0.570. The van der Waals surface area contributed by atoms with E-state index in [1.165, 1.54) is 6.92 Å². The van der Waals surface area contributed by atoms with Crippen molar-refractivity contribution in [1.82, 2.24) is 0 Å². The van der Waals surface area contributed by atoms with Crippen LogP contribution in [0, 0.1) is 0 Å². The lowest BCUT2D eigenvalue weighted by Gasteiger charge is -2.22. The summed E-state index contributed by atoms with van der Waals surface area (Å²) in [5, 5.41) is 0.